The second-order valence-electron chi connectivity index (χ2n) is 7.35. The van der Waals surface area contributed by atoms with Crippen LogP contribution in [-0.2, 0) is 27.2 Å². The fourth-order valence-electron chi connectivity index (χ4n) is 3.62. The van der Waals surface area contributed by atoms with Gasteiger partial charge in [-0.3, -0.25) is 18.5 Å². The number of hydrogen-bond acceptors (Lipinski definition) is 4. The Labute approximate surface area is 182 Å². The Bertz CT molecular complexity index is 1340. The van der Waals surface area contributed by atoms with Crippen molar-refractivity contribution in [2.45, 2.75) is 13.1 Å². The lowest BCUT2D eigenvalue weighted by Gasteiger charge is -2.20. The van der Waals surface area contributed by atoms with Crippen molar-refractivity contribution in [3.63, 3.8) is 0 Å². The molecule has 0 radical (unpaired) electrons. The summed E-state index contributed by atoms with van der Waals surface area (Å²) in [5, 5.41) is 0. The third-order valence-corrected chi connectivity index (χ3v) is 5.65. The summed E-state index contributed by atoms with van der Waals surface area (Å²) in [4.78, 5) is 32.2. The summed E-state index contributed by atoms with van der Waals surface area (Å²) in [6, 6.07) is 18.0. The van der Waals surface area contributed by atoms with Crippen LogP contribution in [0.3, 0.4) is 0 Å². The van der Waals surface area contributed by atoms with Crippen molar-refractivity contribution in [2.75, 3.05) is 11.9 Å². The van der Waals surface area contributed by atoms with Crippen LogP contribution in [0.5, 0.6) is 0 Å². The topological polar surface area (TPSA) is 65.1 Å². The van der Waals surface area contributed by atoms with Crippen molar-refractivity contribution in [3.8, 4) is 0 Å². The predicted molar refractivity (Wildman–Crippen MR) is 122 cm³/mol. The van der Waals surface area contributed by atoms with Gasteiger partial charge in [0, 0.05) is 32.2 Å². The van der Waals surface area contributed by atoms with Crippen LogP contribution in [0.1, 0.15) is 11.1 Å². The minimum atomic E-state index is -0.392. The predicted octanol–water partition coefficient (Wildman–Crippen LogP) is 2.88. The maximum Gasteiger partial charge on any atom is 0.332 e. The first-order valence-electron chi connectivity index (χ1n) is 9.52. The molecule has 7 nitrogen and oxygen atoms in total. The largest absolute Gasteiger partial charge is 0.341 e. The normalized spacial score (nSPS) is 11.2. The SMILES string of the molecule is CN(Cc1ccccc1)c1nc2c(c(=O)n(C)c(=O)n2C)n1Cc1cccc(Br)c1. The Morgan fingerprint density at radius 2 is 1.67 bits per heavy atom. The molecule has 154 valence electrons. The first-order chi connectivity index (χ1) is 14.4. The Morgan fingerprint density at radius 3 is 2.37 bits per heavy atom. The van der Waals surface area contributed by atoms with Crippen LogP contribution in [-0.4, -0.2) is 25.7 Å². The molecule has 0 aliphatic rings. The fraction of sp³-hybridized carbons (Fsp3) is 0.227. The van der Waals surface area contributed by atoms with Crippen molar-refractivity contribution in [3.05, 3.63) is 91.0 Å². The monoisotopic (exact) mass is 467 g/mol. The number of rotatable bonds is 5. The minimum absolute atomic E-state index is 0.352. The molecule has 30 heavy (non-hydrogen) atoms. The van der Waals surface area contributed by atoms with Gasteiger partial charge in [-0.1, -0.05) is 58.4 Å². The average Bonchev–Trinajstić information content (AvgIpc) is 3.11. The van der Waals surface area contributed by atoms with Gasteiger partial charge in [0.25, 0.3) is 5.56 Å². The lowest BCUT2D eigenvalue weighted by atomic mass is 10.2. The second kappa shape index (κ2) is 7.95. The molecule has 0 amide bonds. The Morgan fingerprint density at radius 1 is 0.967 bits per heavy atom. The van der Waals surface area contributed by atoms with E-state index >= 15 is 0 Å². The van der Waals surface area contributed by atoms with Crippen LogP contribution in [0.15, 0.2) is 68.7 Å². The number of anilines is 1. The molecule has 0 saturated heterocycles. The molecular formula is C22H22BrN5O2. The van der Waals surface area contributed by atoms with Gasteiger partial charge in [-0.05, 0) is 23.3 Å². The quantitative estimate of drug-likeness (QED) is 0.452. The zero-order chi connectivity index (χ0) is 21.4. The number of nitrogens with zero attached hydrogens (tertiary/aromatic N) is 5. The maximum absolute atomic E-state index is 13.0. The number of aromatic nitrogens is 4. The highest BCUT2D eigenvalue weighted by Gasteiger charge is 2.21. The van der Waals surface area contributed by atoms with E-state index in [1.807, 2.05) is 71.1 Å². The van der Waals surface area contributed by atoms with Crippen LogP contribution < -0.4 is 16.1 Å². The lowest BCUT2D eigenvalue weighted by molar-refractivity contribution is 0.701. The maximum atomic E-state index is 13.0. The summed E-state index contributed by atoms with van der Waals surface area (Å²) in [7, 11) is 5.07. The van der Waals surface area contributed by atoms with E-state index < -0.39 is 5.69 Å². The Balaban J connectivity index is 1.92. The van der Waals surface area contributed by atoms with Gasteiger partial charge in [0.05, 0.1) is 6.54 Å². The van der Waals surface area contributed by atoms with Crippen molar-refractivity contribution >= 4 is 33.0 Å². The molecule has 0 unspecified atom stereocenters. The number of hydrogen-bond donors (Lipinski definition) is 0. The van der Waals surface area contributed by atoms with Gasteiger partial charge in [-0.25, -0.2) is 4.79 Å². The van der Waals surface area contributed by atoms with Gasteiger partial charge in [0.2, 0.25) is 5.95 Å². The van der Waals surface area contributed by atoms with Crippen LogP contribution in [0.2, 0.25) is 0 Å². The third kappa shape index (κ3) is 3.59. The van der Waals surface area contributed by atoms with Gasteiger partial charge in [0.15, 0.2) is 11.2 Å². The van der Waals surface area contributed by atoms with Crippen molar-refractivity contribution in [1.82, 2.24) is 18.7 Å². The first-order valence-corrected chi connectivity index (χ1v) is 10.3. The summed E-state index contributed by atoms with van der Waals surface area (Å²) in [5.74, 6) is 0.632. The van der Waals surface area contributed by atoms with Crippen LogP contribution in [0.25, 0.3) is 11.2 Å². The molecule has 2 aromatic heterocycles. The number of aryl methyl sites for hydroxylation is 1. The van der Waals surface area contributed by atoms with E-state index in [2.05, 4.69) is 15.9 Å². The van der Waals surface area contributed by atoms with E-state index in [1.165, 1.54) is 11.6 Å². The average molecular weight is 468 g/mol. The zero-order valence-electron chi connectivity index (χ0n) is 17.0. The molecule has 0 aliphatic carbocycles. The summed E-state index contributed by atoms with van der Waals surface area (Å²) in [5.41, 5.74) is 2.20. The number of halogens is 1. The molecule has 2 aromatic carbocycles. The Kier molecular flexibility index (Phi) is 5.34. The third-order valence-electron chi connectivity index (χ3n) is 5.16. The highest BCUT2D eigenvalue weighted by atomic mass is 79.9. The molecule has 0 aliphatic heterocycles. The van der Waals surface area contributed by atoms with E-state index in [0.717, 1.165) is 20.2 Å². The molecule has 0 spiro atoms. The standard InChI is InChI=1S/C22H22BrN5O2/c1-25(13-15-8-5-4-6-9-15)21-24-19-18(20(29)27(3)22(30)26(19)2)28(21)14-16-10-7-11-17(23)12-16/h4-12H,13-14H2,1-3H3. The highest BCUT2D eigenvalue weighted by Crippen LogP contribution is 2.23. The summed E-state index contributed by atoms with van der Waals surface area (Å²) in [6.07, 6.45) is 0. The van der Waals surface area contributed by atoms with Crippen molar-refractivity contribution in [2.24, 2.45) is 14.1 Å². The van der Waals surface area contributed by atoms with Gasteiger partial charge >= 0.3 is 5.69 Å². The molecule has 0 saturated carbocycles. The van der Waals surface area contributed by atoms with Gasteiger partial charge in [-0.2, -0.15) is 4.98 Å². The summed E-state index contributed by atoms with van der Waals surface area (Å²) >= 11 is 3.51. The van der Waals surface area contributed by atoms with E-state index in [4.69, 9.17) is 4.98 Å². The van der Waals surface area contributed by atoms with Crippen LogP contribution >= 0.6 is 15.9 Å². The molecular weight excluding hydrogens is 446 g/mol. The van der Waals surface area contributed by atoms with Crippen molar-refractivity contribution in [1.29, 1.82) is 0 Å². The Hall–Kier alpha value is -3.13. The first kappa shape index (κ1) is 20.2. The van der Waals surface area contributed by atoms with E-state index in [1.54, 1.807) is 7.05 Å². The van der Waals surface area contributed by atoms with Crippen LogP contribution in [0, 0.1) is 0 Å². The molecule has 0 fully saturated rings. The number of fused-ring (bicyclic) bond motifs is 1. The van der Waals surface area contributed by atoms with E-state index in [0.29, 0.717) is 30.2 Å². The van der Waals surface area contributed by atoms with E-state index in [9.17, 15) is 9.59 Å². The molecule has 0 bridgehead atoms. The number of benzene rings is 2. The summed E-state index contributed by atoms with van der Waals surface area (Å²) in [6.45, 7) is 1.08. The van der Waals surface area contributed by atoms with Gasteiger partial charge < -0.3 is 4.90 Å². The zero-order valence-corrected chi connectivity index (χ0v) is 18.6. The second-order valence-corrected chi connectivity index (χ2v) is 8.26. The molecule has 4 rings (SSSR count). The van der Waals surface area contributed by atoms with Gasteiger partial charge in [0.1, 0.15) is 0 Å². The van der Waals surface area contributed by atoms with Gasteiger partial charge in [-0.15, -0.1) is 0 Å². The van der Waals surface area contributed by atoms with E-state index in [-0.39, 0.29) is 5.56 Å². The number of imidazole rings is 1. The van der Waals surface area contributed by atoms with Crippen LogP contribution in [0.4, 0.5) is 5.95 Å². The minimum Gasteiger partial charge on any atom is -0.341 e. The molecule has 2 heterocycles. The molecule has 8 heteroatoms. The highest BCUT2D eigenvalue weighted by molar-refractivity contribution is 9.10. The molecule has 0 atom stereocenters. The fourth-order valence-corrected chi connectivity index (χ4v) is 4.07. The molecule has 4 aromatic rings. The summed E-state index contributed by atoms with van der Waals surface area (Å²) < 4.78 is 5.40. The molecule has 0 N–H and O–H groups in total. The van der Waals surface area contributed by atoms with Crippen molar-refractivity contribution < 1.29 is 0 Å². The smallest absolute Gasteiger partial charge is 0.332 e. The lowest BCUT2D eigenvalue weighted by Crippen LogP contribution is -2.37.